The molecule has 2 heterocycles. The molecule has 2 aromatic rings. The molecule has 2 aliphatic rings. The maximum absolute atomic E-state index is 12.8. The van der Waals surface area contributed by atoms with Gasteiger partial charge in [-0.3, -0.25) is 19.4 Å². The molecule has 1 aromatic heterocycles. The van der Waals surface area contributed by atoms with Crippen molar-refractivity contribution in [1.82, 2.24) is 25.4 Å². The van der Waals surface area contributed by atoms with Crippen LogP contribution < -0.4 is 10.6 Å². The van der Waals surface area contributed by atoms with Crippen LogP contribution in [0.15, 0.2) is 30.5 Å². The average molecular weight is 426 g/mol. The van der Waals surface area contributed by atoms with E-state index in [1.54, 1.807) is 7.05 Å². The molecule has 1 aliphatic carbocycles. The zero-order valence-corrected chi connectivity index (χ0v) is 18.5. The summed E-state index contributed by atoms with van der Waals surface area (Å²) in [6.07, 6.45) is 9.11. The predicted octanol–water partition coefficient (Wildman–Crippen LogP) is 1.89. The normalized spacial score (nSPS) is 19.9. The van der Waals surface area contributed by atoms with Crippen LogP contribution >= 0.6 is 0 Å². The van der Waals surface area contributed by atoms with E-state index in [9.17, 15) is 9.59 Å². The van der Waals surface area contributed by atoms with E-state index in [0.29, 0.717) is 13.0 Å². The summed E-state index contributed by atoms with van der Waals surface area (Å²) < 4.78 is 0. The quantitative estimate of drug-likeness (QED) is 0.633. The van der Waals surface area contributed by atoms with Gasteiger partial charge in [0.15, 0.2) is 0 Å². The van der Waals surface area contributed by atoms with Gasteiger partial charge in [-0.25, -0.2) is 0 Å². The standard InChI is InChI=1S/C24H35N5O2/c1-25-24(31)22(15-18-16-26-21-10-6-5-9-20(18)21)27-23(30)17-28-11-13-29(14-12-28)19-7-3-2-4-8-19/h5-6,9-10,16,19,22,26H,2-4,7-8,11-15,17H2,1H3,(H,25,31)(H,27,30). The van der Waals surface area contributed by atoms with Crippen LogP contribution in [0.4, 0.5) is 0 Å². The molecular weight excluding hydrogens is 390 g/mol. The van der Waals surface area contributed by atoms with Crippen LogP contribution in [0.2, 0.25) is 0 Å². The van der Waals surface area contributed by atoms with Gasteiger partial charge in [-0.05, 0) is 24.5 Å². The monoisotopic (exact) mass is 425 g/mol. The minimum atomic E-state index is -0.583. The minimum absolute atomic E-state index is 0.0837. The zero-order valence-electron chi connectivity index (χ0n) is 18.5. The number of nitrogens with one attached hydrogen (secondary N) is 3. The molecule has 1 atom stereocenters. The smallest absolute Gasteiger partial charge is 0.242 e. The molecule has 2 amide bonds. The van der Waals surface area contributed by atoms with Gasteiger partial charge in [-0.2, -0.15) is 0 Å². The summed E-state index contributed by atoms with van der Waals surface area (Å²) >= 11 is 0. The molecular formula is C24H35N5O2. The van der Waals surface area contributed by atoms with Crippen LogP contribution in [0.25, 0.3) is 10.9 Å². The van der Waals surface area contributed by atoms with E-state index >= 15 is 0 Å². The topological polar surface area (TPSA) is 80.5 Å². The highest BCUT2D eigenvalue weighted by Crippen LogP contribution is 2.23. The third kappa shape index (κ3) is 5.46. The Morgan fingerprint density at radius 2 is 1.84 bits per heavy atom. The Morgan fingerprint density at radius 3 is 2.58 bits per heavy atom. The molecule has 7 nitrogen and oxygen atoms in total. The molecule has 0 radical (unpaired) electrons. The van der Waals surface area contributed by atoms with Crippen molar-refractivity contribution in [2.45, 2.75) is 50.6 Å². The van der Waals surface area contributed by atoms with Crippen LogP contribution in [0.3, 0.4) is 0 Å². The highest BCUT2D eigenvalue weighted by atomic mass is 16.2. The number of aromatic amines is 1. The Kier molecular flexibility index (Phi) is 7.25. The summed E-state index contributed by atoms with van der Waals surface area (Å²) in [6, 6.07) is 8.17. The van der Waals surface area contributed by atoms with E-state index in [-0.39, 0.29) is 11.8 Å². The minimum Gasteiger partial charge on any atom is -0.361 e. The summed E-state index contributed by atoms with van der Waals surface area (Å²) in [5, 5.41) is 6.75. The van der Waals surface area contributed by atoms with Gasteiger partial charge < -0.3 is 15.6 Å². The molecule has 1 unspecified atom stereocenters. The number of carbonyl (C=O) groups excluding carboxylic acids is 2. The van der Waals surface area contributed by atoms with E-state index < -0.39 is 6.04 Å². The largest absolute Gasteiger partial charge is 0.361 e. The fourth-order valence-electron chi connectivity index (χ4n) is 5.08. The molecule has 31 heavy (non-hydrogen) atoms. The highest BCUT2D eigenvalue weighted by molar-refractivity contribution is 5.90. The van der Waals surface area contributed by atoms with Crippen LogP contribution in [-0.2, 0) is 16.0 Å². The van der Waals surface area contributed by atoms with Crippen molar-refractivity contribution >= 4 is 22.7 Å². The number of carbonyl (C=O) groups is 2. The molecule has 4 rings (SSSR count). The summed E-state index contributed by atoms with van der Waals surface area (Å²) in [4.78, 5) is 33.3. The summed E-state index contributed by atoms with van der Waals surface area (Å²) in [5.41, 5.74) is 2.07. The van der Waals surface area contributed by atoms with Crippen LogP contribution in [0, 0.1) is 0 Å². The first-order valence-electron chi connectivity index (χ1n) is 11.7. The predicted molar refractivity (Wildman–Crippen MR) is 123 cm³/mol. The van der Waals surface area contributed by atoms with Gasteiger partial charge in [0.2, 0.25) is 11.8 Å². The van der Waals surface area contributed by atoms with Crippen molar-refractivity contribution in [2.75, 3.05) is 39.8 Å². The molecule has 1 aliphatic heterocycles. The van der Waals surface area contributed by atoms with E-state index in [1.807, 2.05) is 30.5 Å². The number of fused-ring (bicyclic) bond motifs is 1. The van der Waals surface area contributed by atoms with Crippen molar-refractivity contribution in [3.05, 3.63) is 36.0 Å². The Balaban J connectivity index is 1.30. The molecule has 168 valence electrons. The van der Waals surface area contributed by atoms with Crippen LogP contribution in [0.1, 0.15) is 37.7 Å². The second-order valence-electron chi connectivity index (χ2n) is 8.90. The van der Waals surface area contributed by atoms with E-state index in [2.05, 4.69) is 25.4 Å². The molecule has 7 heteroatoms. The molecule has 0 bridgehead atoms. The molecule has 2 fully saturated rings. The van der Waals surface area contributed by atoms with Gasteiger partial charge in [0.1, 0.15) is 6.04 Å². The summed E-state index contributed by atoms with van der Waals surface area (Å²) in [7, 11) is 1.61. The Hall–Kier alpha value is -2.38. The van der Waals surface area contributed by atoms with E-state index in [1.165, 1.54) is 32.1 Å². The van der Waals surface area contributed by atoms with Crippen molar-refractivity contribution in [3.8, 4) is 0 Å². The number of aromatic nitrogens is 1. The molecule has 3 N–H and O–H groups in total. The SMILES string of the molecule is CNC(=O)C(Cc1c[nH]c2ccccc12)NC(=O)CN1CCN(C2CCCCC2)CC1. The number of amides is 2. The van der Waals surface area contributed by atoms with Crippen LogP contribution in [-0.4, -0.2) is 78.5 Å². The summed E-state index contributed by atoms with van der Waals surface area (Å²) in [5.74, 6) is -0.250. The second-order valence-corrected chi connectivity index (χ2v) is 8.90. The number of hydrogen-bond donors (Lipinski definition) is 3. The van der Waals surface area contributed by atoms with Crippen molar-refractivity contribution in [2.24, 2.45) is 0 Å². The third-order valence-electron chi connectivity index (χ3n) is 6.86. The van der Waals surface area contributed by atoms with Gasteiger partial charge >= 0.3 is 0 Å². The number of hydrogen-bond acceptors (Lipinski definition) is 4. The number of para-hydroxylation sites is 1. The lowest BCUT2D eigenvalue weighted by molar-refractivity contribution is -0.129. The lowest BCUT2D eigenvalue weighted by atomic mass is 9.94. The number of benzene rings is 1. The van der Waals surface area contributed by atoms with Gasteiger partial charge in [-0.15, -0.1) is 0 Å². The van der Waals surface area contributed by atoms with Crippen molar-refractivity contribution in [3.63, 3.8) is 0 Å². The maximum Gasteiger partial charge on any atom is 0.242 e. The summed E-state index contributed by atoms with van der Waals surface area (Å²) in [6.45, 7) is 4.24. The average Bonchev–Trinajstić information content (AvgIpc) is 3.22. The van der Waals surface area contributed by atoms with E-state index in [0.717, 1.165) is 48.7 Å². The third-order valence-corrected chi connectivity index (χ3v) is 6.86. The fraction of sp³-hybridized carbons (Fsp3) is 0.583. The number of likely N-dealkylation sites (N-methyl/N-ethyl adjacent to an activating group) is 1. The molecule has 1 saturated heterocycles. The Morgan fingerprint density at radius 1 is 1.10 bits per heavy atom. The first-order valence-corrected chi connectivity index (χ1v) is 11.7. The van der Waals surface area contributed by atoms with Gasteiger partial charge in [0.05, 0.1) is 6.54 Å². The van der Waals surface area contributed by atoms with Crippen molar-refractivity contribution in [1.29, 1.82) is 0 Å². The zero-order chi connectivity index (χ0) is 21.6. The van der Waals surface area contributed by atoms with E-state index in [4.69, 9.17) is 0 Å². The number of H-pyrrole nitrogens is 1. The Labute approximate surface area is 184 Å². The lowest BCUT2D eigenvalue weighted by Crippen LogP contribution is -2.54. The number of rotatable bonds is 7. The van der Waals surface area contributed by atoms with Crippen LogP contribution in [0.5, 0.6) is 0 Å². The molecule has 1 aromatic carbocycles. The number of nitrogens with zero attached hydrogens (tertiary/aromatic N) is 2. The number of piperazine rings is 1. The van der Waals surface area contributed by atoms with Gasteiger partial charge in [0, 0.05) is 62.8 Å². The van der Waals surface area contributed by atoms with Gasteiger partial charge in [0.25, 0.3) is 0 Å². The van der Waals surface area contributed by atoms with Crippen molar-refractivity contribution < 1.29 is 9.59 Å². The Bertz CT molecular complexity index is 881. The lowest BCUT2D eigenvalue weighted by Gasteiger charge is -2.40. The highest BCUT2D eigenvalue weighted by Gasteiger charge is 2.27. The van der Waals surface area contributed by atoms with Gasteiger partial charge in [-0.1, -0.05) is 37.5 Å². The maximum atomic E-state index is 12.8. The molecule has 1 saturated carbocycles. The fourth-order valence-corrected chi connectivity index (χ4v) is 5.08. The molecule has 0 spiro atoms. The second kappa shape index (κ2) is 10.3. The first-order chi connectivity index (χ1) is 15.1. The first kappa shape index (κ1) is 21.8.